The third-order valence-corrected chi connectivity index (χ3v) is 4.64. The highest BCUT2D eigenvalue weighted by Crippen LogP contribution is 2.32. The molecule has 0 atom stereocenters. The van der Waals surface area contributed by atoms with Crippen molar-refractivity contribution < 1.29 is 0 Å². The summed E-state index contributed by atoms with van der Waals surface area (Å²) in [6, 6.07) is 7.78. The van der Waals surface area contributed by atoms with E-state index in [1.807, 2.05) is 31.3 Å². The summed E-state index contributed by atoms with van der Waals surface area (Å²) in [4.78, 5) is 5.78. The molecule has 1 N–H and O–H groups in total. The summed E-state index contributed by atoms with van der Waals surface area (Å²) in [7, 11) is 1.95. The van der Waals surface area contributed by atoms with Gasteiger partial charge < -0.3 is 5.32 Å². The second kappa shape index (κ2) is 5.96. The van der Waals surface area contributed by atoms with E-state index in [4.69, 9.17) is 11.6 Å². The third kappa shape index (κ3) is 3.28. The normalized spacial score (nSPS) is 10.8. The molecule has 0 spiro atoms. The van der Waals surface area contributed by atoms with Gasteiger partial charge in [0.15, 0.2) is 0 Å². The summed E-state index contributed by atoms with van der Waals surface area (Å²) >= 11 is 11.2. The van der Waals surface area contributed by atoms with Crippen LogP contribution in [-0.4, -0.2) is 18.6 Å². The predicted octanol–water partition coefficient (Wildman–Crippen LogP) is 3.99. The van der Waals surface area contributed by atoms with Gasteiger partial charge in [0.05, 0.1) is 0 Å². The number of halogens is 2. The van der Waals surface area contributed by atoms with Crippen molar-refractivity contribution in [3.05, 3.63) is 38.8 Å². The van der Waals surface area contributed by atoms with Crippen LogP contribution in [0.3, 0.4) is 0 Å². The van der Waals surface area contributed by atoms with Gasteiger partial charge in [-0.25, -0.2) is 4.98 Å². The van der Waals surface area contributed by atoms with Crippen molar-refractivity contribution in [2.45, 2.75) is 6.42 Å². The van der Waals surface area contributed by atoms with E-state index in [9.17, 15) is 0 Å². The molecular weight excluding hydrogens is 320 g/mol. The van der Waals surface area contributed by atoms with E-state index < -0.39 is 0 Å². The summed E-state index contributed by atoms with van der Waals surface area (Å²) in [5, 5.41) is 4.88. The lowest BCUT2D eigenvalue weighted by Crippen LogP contribution is -2.09. The molecule has 2 rings (SSSR count). The Kier molecular flexibility index (Phi) is 4.56. The van der Waals surface area contributed by atoms with Gasteiger partial charge in [0.25, 0.3) is 0 Å². The van der Waals surface area contributed by atoms with Crippen LogP contribution in [0, 0.1) is 0 Å². The van der Waals surface area contributed by atoms with E-state index in [0.717, 1.165) is 33.2 Å². The molecule has 0 amide bonds. The van der Waals surface area contributed by atoms with Crippen LogP contribution in [-0.2, 0) is 6.42 Å². The zero-order valence-electron chi connectivity index (χ0n) is 9.34. The van der Waals surface area contributed by atoms with Crippen LogP contribution in [0.4, 0.5) is 0 Å². The van der Waals surface area contributed by atoms with Gasteiger partial charge in [-0.2, -0.15) is 0 Å². The van der Waals surface area contributed by atoms with Crippen molar-refractivity contribution in [2.75, 3.05) is 13.6 Å². The minimum Gasteiger partial charge on any atom is -0.319 e. The van der Waals surface area contributed by atoms with Crippen molar-refractivity contribution in [1.29, 1.82) is 0 Å². The summed E-state index contributed by atoms with van der Waals surface area (Å²) < 4.78 is 0.938. The number of rotatable bonds is 4. The third-order valence-electron chi connectivity index (χ3n) is 2.32. The molecule has 0 saturated heterocycles. The van der Waals surface area contributed by atoms with Gasteiger partial charge in [-0.3, -0.25) is 0 Å². The molecule has 0 saturated carbocycles. The Balaban J connectivity index is 2.28. The van der Waals surface area contributed by atoms with E-state index in [1.54, 1.807) is 11.3 Å². The Morgan fingerprint density at radius 2 is 2.29 bits per heavy atom. The van der Waals surface area contributed by atoms with E-state index in [0.29, 0.717) is 0 Å². The average molecular weight is 332 g/mol. The number of hydrogen-bond acceptors (Lipinski definition) is 3. The number of likely N-dealkylation sites (N-methyl/N-ethyl adjacent to an activating group) is 1. The molecule has 0 bridgehead atoms. The second-order valence-corrected chi connectivity index (χ2v) is 5.87. The first-order chi connectivity index (χ1) is 8.20. The van der Waals surface area contributed by atoms with Crippen LogP contribution in [0.2, 0.25) is 5.02 Å². The molecule has 1 heterocycles. The minimum atomic E-state index is 0.741. The Bertz CT molecular complexity index is 513. The number of hydrogen-bond donors (Lipinski definition) is 1. The fourth-order valence-corrected chi connectivity index (χ4v) is 3.35. The van der Waals surface area contributed by atoms with Crippen LogP contribution >= 0.6 is 38.9 Å². The smallest absolute Gasteiger partial charge is 0.124 e. The minimum absolute atomic E-state index is 0.741. The molecular formula is C12H12BrClN2S. The zero-order valence-corrected chi connectivity index (χ0v) is 12.5. The monoisotopic (exact) mass is 330 g/mol. The summed E-state index contributed by atoms with van der Waals surface area (Å²) in [6.45, 7) is 0.954. The van der Waals surface area contributed by atoms with Crippen LogP contribution < -0.4 is 5.32 Å². The molecule has 90 valence electrons. The second-order valence-electron chi connectivity index (χ2n) is 3.60. The van der Waals surface area contributed by atoms with Gasteiger partial charge in [0.1, 0.15) is 9.61 Å². The molecule has 0 aliphatic heterocycles. The molecule has 0 unspecified atom stereocenters. The first-order valence-corrected chi connectivity index (χ1v) is 7.25. The van der Waals surface area contributed by atoms with Crippen molar-refractivity contribution in [3.63, 3.8) is 0 Å². The predicted molar refractivity (Wildman–Crippen MR) is 77.9 cm³/mol. The maximum atomic E-state index is 5.98. The van der Waals surface area contributed by atoms with Gasteiger partial charge in [0, 0.05) is 15.5 Å². The van der Waals surface area contributed by atoms with E-state index in [-0.39, 0.29) is 0 Å². The topological polar surface area (TPSA) is 24.9 Å². The number of benzene rings is 1. The van der Waals surface area contributed by atoms with E-state index in [1.165, 1.54) is 4.88 Å². The van der Waals surface area contributed by atoms with Crippen LogP contribution in [0.1, 0.15) is 4.88 Å². The molecule has 2 aromatic rings. The summed E-state index contributed by atoms with van der Waals surface area (Å²) in [5.74, 6) is 0. The van der Waals surface area contributed by atoms with Gasteiger partial charge in [0.2, 0.25) is 0 Å². The highest BCUT2D eigenvalue weighted by molar-refractivity contribution is 9.10. The van der Waals surface area contributed by atoms with Crippen LogP contribution in [0.25, 0.3) is 10.6 Å². The molecule has 5 heteroatoms. The quantitative estimate of drug-likeness (QED) is 0.916. The maximum absolute atomic E-state index is 5.98. The maximum Gasteiger partial charge on any atom is 0.124 e. The molecule has 1 aromatic heterocycles. The molecule has 0 fully saturated rings. The van der Waals surface area contributed by atoms with Crippen molar-refractivity contribution >= 4 is 38.9 Å². The lowest BCUT2D eigenvalue weighted by atomic mass is 10.2. The first-order valence-electron chi connectivity index (χ1n) is 5.26. The molecule has 0 aliphatic carbocycles. The number of nitrogens with one attached hydrogen (secondary N) is 1. The number of aromatic nitrogens is 1. The van der Waals surface area contributed by atoms with E-state index >= 15 is 0 Å². The SMILES string of the molecule is CNCCc1sc(-c2cccc(Cl)c2)nc1Br. The number of thiazole rings is 1. The van der Waals surface area contributed by atoms with Gasteiger partial charge in [-0.15, -0.1) is 11.3 Å². The lowest BCUT2D eigenvalue weighted by Gasteiger charge is -1.96. The molecule has 17 heavy (non-hydrogen) atoms. The Morgan fingerprint density at radius 1 is 1.47 bits per heavy atom. The van der Waals surface area contributed by atoms with Crippen molar-refractivity contribution in [2.24, 2.45) is 0 Å². The van der Waals surface area contributed by atoms with Crippen molar-refractivity contribution in [3.8, 4) is 10.6 Å². The van der Waals surface area contributed by atoms with Gasteiger partial charge in [-0.05, 0) is 48.1 Å². The lowest BCUT2D eigenvalue weighted by molar-refractivity contribution is 0.796. The molecule has 0 radical (unpaired) electrons. The number of nitrogens with zero attached hydrogens (tertiary/aromatic N) is 1. The molecule has 2 nitrogen and oxygen atoms in total. The Hall–Kier alpha value is -0.420. The standard InChI is InChI=1S/C12H12BrClN2S/c1-15-6-5-10-11(13)16-12(17-10)8-3-2-4-9(14)7-8/h2-4,7,15H,5-6H2,1H3. The first kappa shape index (κ1) is 13.0. The average Bonchev–Trinajstić information content (AvgIpc) is 2.68. The Morgan fingerprint density at radius 3 is 3.00 bits per heavy atom. The zero-order chi connectivity index (χ0) is 12.3. The fourth-order valence-electron chi connectivity index (χ4n) is 1.47. The molecule has 1 aromatic carbocycles. The Labute approximate surface area is 118 Å². The summed E-state index contributed by atoms with van der Waals surface area (Å²) in [6.07, 6.45) is 0.981. The highest BCUT2D eigenvalue weighted by atomic mass is 79.9. The fraction of sp³-hybridized carbons (Fsp3) is 0.250. The van der Waals surface area contributed by atoms with Gasteiger partial charge >= 0.3 is 0 Å². The van der Waals surface area contributed by atoms with Crippen LogP contribution in [0.15, 0.2) is 28.9 Å². The van der Waals surface area contributed by atoms with Crippen LogP contribution in [0.5, 0.6) is 0 Å². The summed E-state index contributed by atoms with van der Waals surface area (Å²) in [5.41, 5.74) is 1.07. The highest BCUT2D eigenvalue weighted by Gasteiger charge is 2.10. The van der Waals surface area contributed by atoms with Gasteiger partial charge in [-0.1, -0.05) is 23.7 Å². The van der Waals surface area contributed by atoms with E-state index in [2.05, 4.69) is 26.2 Å². The van der Waals surface area contributed by atoms with Crippen molar-refractivity contribution in [1.82, 2.24) is 10.3 Å². The largest absolute Gasteiger partial charge is 0.319 e. The molecule has 0 aliphatic rings.